The van der Waals surface area contributed by atoms with Crippen LogP contribution in [0.2, 0.25) is 0 Å². The Morgan fingerprint density at radius 1 is 1.00 bits per heavy atom. The zero-order chi connectivity index (χ0) is 21.7. The molecule has 29 heavy (non-hydrogen) atoms. The first-order valence-electron chi connectivity index (χ1n) is 10.5. The Morgan fingerprint density at radius 3 is 2.14 bits per heavy atom. The van der Waals surface area contributed by atoms with Crippen molar-refractivity contribution in [1.29, 1.82) is 0 Å². The van der Waals surface area contributed by atoms with Crippen molar-refractivity contribution in [2.24, 2.45) is 0 Å². The van der Waals surface area contributed by atoms with Gasteiger partial charge in [0, 0.05) is 0 Å². The highest BCUT2D eigenvalue weighted by atomic mass is 19.1. The minimum absolute atomic E-state index is 0.137. The number of rotatable bonds is 9. The van der Waals surface area contributed by atoms with Crippen molar-refractivity contribution in [2.45, 2.75) is 78.7 Å². The van der Waals surface area contributed by atoms with Gasteiger partial charge in [0.2, 0.25) is 0 Å². The van der Waals surface area contributed by atoms with E-state index in [4.69, 9.17) is 0 Å². The SMILES string of the molecule is CCCCCc1c(C(C)C)cc(C(C)C)c(CO)c1-c1ccc(F)c(C(=O)O)c1. The van der Waals surface area contributed by atoms with Crippen LogP contribution in [0, 0.1) is 5.82 Å². The van der Waals surface area contributed by atoms with E-state index in [2.05, 4.69) is 40.7 Å². The summed E-state index contributed by atoms with van der Waals surface area (Å²) >= 11 is 0. The molecular formula is C25H33FO3. The number of aliphatic hydroxyl groups is 1. The van der Waals surface area contributed by atoms with Crippen LogP contribution >= 0.6 is 0 Å². The van der Waals surface area contributed by atoms with Crippen molar-refractivity contribution in [3.63, 3.8) is 0 Å². The number of aromatic carboxylic acids is 1. The topological polar surface area (TPSA) is 57.5 Å². The molecule has 2 rings (SSSR count). The van der Waals surface area contributed by atoms with Crippen molar-refractivity contribution in [2.75, 3.05) is 0 Å². The van der Waals surface area contributed by atoms with Crippen LogP contribution in [-0.4, -0.2) is 16.2 Å². The van der Waals surface area contributed by atoms with Crippen molar-refractivity contribution >= 4 is 5.97 Å². The molecular weight excluding hydrogens is 367 g/mol. The minimum Gasteiger partial charge on any atom is -0.478 e. The fraction of sp³-hybridized carbons (Fsp3) is 0.480. The van der Waals surface area contributed by atoms with E-state index >= 15 is 0 Å². The van der Waals surface area contributed by atoms with Gasteiger partial charge in [0.15, 0.2) is 0 Å². The Kier molecular flexibility index (Phi) is 7.97. The Hall–Kier alpha value is -2.20. The third-order valence-electron chi connectivity index (χ3n) is 5.53. The molecule has 2 N–H and O–H groups in total. The average Bonchev–Trinajstić information content (AvgIpc) is 2.67. The third-order valence-corrected chi connectivity index (χ3v) is 5.53. The lowest BCUT2D eigenvalue weighted by Gasteiger charge is -2.25. The summed E-state index contributed by atoms with van der Waals surface area (Å²) in [7, 11) is 0. The molecule has 0 aliphatic carbocycles. The molecule has 0 saturated heterocycles. The Bertz CT molecular complexity index is 869. The van der Waals surface area contributed by atoms with Gasteiger partial charge in [-0.15, -0.1) is 0 Å². The lowest BCUT2D eigenvalue weighted by molar-refractivity contribution is 0.0692. The van der Waals surface area contributed by atoms with E-state index in [9.17, 15) is 19.4 Å². The van der Waals surface area contributed by atoms with Gasteiger partial charge in [-0.25, -0.2) is 9.18 Å². The Labute approximate surface area is 173 Å². The molecule has 0 unspecified atom stereocenters. The molecule has 0 saturated carbocycles. The molecule has 0 aliphatic rings. The first-order chi connectivity index (χ1) is 13.7. The maximum Gasteiger partial charge on any atom is 0.338 e. The summed E-state index contributed by atoms with van der Waals surface area (Å²) in [5.74, 6) is -1.54. The number of hydrogen-bond donors (Lipinski definition) is 2. The molecule has 4 heteroatoms. The highest BCUT2D eigenvalue weighted by molar-refractivity contribution is 5.90. The molecule has 0 amide bonds. The molecule has 0 atom stereocenters. The van der Waals surface area contributed by atoms with Crippen molar-refractivity contribution in [1.82, 2.24) is 0 Å². The Balaban J connectivity index is 2.88. The molecule has 0 aromatic heterocycles. The van der Waals surface area contributed by atoms with E-state index in [0.717, 1.165) is 47.9 Å². The van der Waals surface area contributed by atoms with Crippen LogP contribution in [0.25, 0.3) is 11.1 Å². The second-order valence-electron chi connectivity index (χ2n) is 8.31. The number of carboxylic acid groups (broad SMARTS) is 1. The first-order valence-corrected chi connectivity index (χ1v) is 10.5. The molecule has 0 spiro atoms. The smallest absolute Gasteiger partial charge is 0.338 e. The summed E-state index contributed by atoms with van der Waals surface area (Å²) in [5.41, 5.74) is 5.44. The zero-order valence-corrected chi connectivity index (χ0v) is 18.2. The molecule has 3 nitrogen and oxygen atoms in total. The second kappa shape index (κ2) is 10.0. The monoisotopic (exact) mass is 400 g/mol. The van der Waals surface area contributed by atoms with Crippen molar-refractivity contribution in [3.8, 4) is 11.1 Å². The third kappa shape index (κ3) is 5.05. The predicted molar refractivity (Wildman–Crippen MR) is 116 cm³/mol. The van der Waals surface area contributed by atoms with Crippen LogP contribution in [0.4, 0.5) is 4.39 Å². The normalized spacial score (nSPS) is 11.5. The fourth-order valence-electron chi connectivity index (χ4n) is 4.03. The van der Waals surface area contributed by atoms with E-state index < -0.39 is 11.8 Å². The van der Waals surface area contributed by atoms with Crippen LogP contribution in [0.5, 0.6) is 0 Å². The second-order valence-corrected chi connectivity index (χ2v) is 8.31. The number of benzene rings is 2. The minimum atomic E-state index is -1.29. The van der Waals surface area contributed by atoms with E-state index in [1.165, 1.54) is 17.7 Å². The summed E-state index contributed by atoms with van der Waals surface area (Å²) < 4.78 is 14.1. The first kappa shape index (κ1) is 23.1. The molecule has 0 radical (unpaired) electrons. The van der Waals surface area contributed by atoms with E-state index in [0.29, 0.717) is 5.56 Å². The standard InChI is InChI=1S/C25H33FO3/c1-6-7-8-9-18-19(15(2)3)13-20(16(4)5)22(14-27)24(18)17-10-11-23(26)21(12-17)25(28)29/h10-13,15-16,27H,6-9,14H2,1-5H3,(H,28,29). The van der Waals surface area contributed by atoms with Crippen LogP contribution in [0.15, 0.2) is 24.3 Å². The maximum absolute atomic E-state index is 14.1. The van der Waals surface area contributed by atoms with Gasteiger partial charge in [-0.05, 0) is 70.2 Å². The van der Waals surface area contributed by atoms with Crippen molar-refractivity contribution in [3.05, 3.63) is 57.9 Å². The molecule has 0 heterocycles. The number of hydrogen-bond acceptors (Lipinski definition) is 2. The largest absolute Gasteiger partial charge is 0.478 e. The quantitative estimate of drug-likeness (QED) is 0.463. The highest BCUT2D eigenvalue weighted by Gasteiger charge is 2.23. The van der Waals surface area contributed by atoms with E-state index in [1.807, 2.05) is 0 Å². The van der Waals surface area contributed by atoms with Gasteiger partial charge in [0.1, 0.15) is 5.82 Å². The fourth-order valence-corrected chi connectivity index (χ4v) is 4.03. The van der Waals surface area contributed by atoms with Crippen molar-refractivity contribution < 1.29 is 19.4 Å². The van der Waals surface area contributed by atoms with Crippen LogP contribution < -0.4 is 0 Å². The summed E-state index contributed by atoms with van der Waals surface area (Å²) in [6.07, 6.45) is 4.06. The van der Waals surface area contributed by atoms with Gasteiger partial charge in [-0.1, -0.05) is 59.6 Å². The number of carbonyl (C=O) groups is 1. The summed E-state index contributed by atoms with van der Waals surface area (Å²) in [4.78, 5) is 11.5. The number of carboxylic acids is 1. The van der Waals surface area contributed by atoms with Gasteiger partial charge in [-0.2, -0.15) is 0 Å². The number of aliphatic hydroxyl groups excluding tert-OH is 1. The Morgan fingerprint density at radius 2 is 1.62 bits per heavy atom. The molecule has 158 valence electrons. The molecule has 0 fully saturated rings. The van der Waals surface area contributed by atoms with E-state index in [-0.39, 0.29) is 24.0 Å². The molecule has 2 aromatic rings. The summed E-state index contributed by atoms with van der Waals surface area (Å²) in [6.45, 7) is 10.5. The number of halogens is 1. The zero-order valence-electron chi connectivity index (χ0n) is 18.2. The maximum atomic E-state index is 14.1. The lowest BCUT2D eigenvalue weighted by atomic mass is 9.80. The van der Waals surface area contributed by atoms with Gasteiger partial charge in [0.05, 0.1) is 12.2 Å². The van der Waals surface area contributed by atoms with Gasteiger partial charge < -0.3 is 10.2 Å². The van der Waals surface area contributed by atoms with Gasteiger partial charge in [-0.3, -0.25) is 0 Å². The molecule has 0 aliphatic heterocycles. The summed E-state index contributed by atoms with van der Waals surface area (Å²) in [6, 6.07) is 6.46. The van der Waals surface area contributed by atoms with Gasteiger partial charge >= 0.3 is 5.97 Å². The predicted octanol–water partition coefficient (Wildman–Crippen LogP) is 6.66. The molecule has 2 aromatic carbocycles. The van der Waals surface area contributed by atoms with Gasteiger partial charge in [0.25, 0.3) is 0 Å². The highest BCUT2D eigenvalue weighted by Crippen LogP contribution is 2.39. The lowest BCUT2D eigenvalue weighted by Crippen LogP contribution is -2.10. The van der Waals surface area contributed by atoms with Crippen LogP contribution in [0.1, 0.15) is 98.3 Å². The average molecular weight is 401 g/mol. The molecule has 0 bridgehead atoms. The van der Waals surface area contributed by atoms with Crippen LogP contribution in [-0.2, 0) is 13.0 Å². The number of unbranched alkanes of at least 4 members (excludes halogenated alkanes) is 2. The van der Waals surface area contributed by atoms with Crippen LogP contribution in [0.3, 0.4) is 0 Å². The summed E-state index contributed by atoms with van der Waals surface area (Å²) in [5, 5.41) is 19.7. The van der Waals surface area contributed by atoms with E-state index in [1.54, 1.807) is 6.07 Å².